The summed E-state index contributed by atoms with van der Waals surface area (Å²) in [5.74, 6) is 0. The van der Waals surface area contributed by atoms with E-state index in [-0.39, 0.29) is 0 Å². The lowest BCUT2D eigenvalue weighted by atomic mass is 9.80. The predicted molar refractivity (Wildman–Crippen MR) is 60.3 cm³/mol. The first-order valence-corrected chi connectivity index (χ1v) is 5.90. The van der Waals surface area contributed by atoms with Crippen LogP contribution in [0.4, 0.5) is 0 Å². The fraction of sp³-hybridized carbons (Fsp3) is 1.00. The molecule has 1 atom stereocenters. The van der Waals surface area contributed by atoms with Gasteiger partial charge in [-0.3, -0.25) is 0 Å². The Kier molecular flexibility index (Phi) is 5.68. The number of hydrogen-bond acceptors (Lipinski definition) is 2. The van der Waals surface area contributed by atoms with E-state index >= 15 is 0 Å². The molecule has 1 unspecified atom stereocenters. The minimum atomic E-state index is -0.681. The molecule has 14 heavy (non-hydrogen) atoms. The van der Waals surface area contributed by atoms with Gasteiger partial charge in [-0.2, -0.15) is 0 Å². The lowest BCUT2D eigenvalue weighted by Crippen LogP contribution is -2.40. The van der Waals surface area contributed by atoms with E-state index < -0.39 is 11.2 Å². The molecular formula is C12H26O2. The molecule has 0 radical (unpaired) electrons. The molecule has 0 amide bonds. The number of hydrogen-bond donors (Lipinski definition) is 2. The van der Waals surface area contributed by atoms with E-state index in [1.54, 1.807) is 0 Å². The van der Waals surface area contributed by atoms with Crippen LogP contribution in [0.25, 0.3) is 0 Å². The molecule has 0 spiro atoms. The molecule has 0 aromatic carbocycles. The van der Waals surface area contributed by atoms with E-state index in [9.17, 15) is 10.2 Å². The summed E-state index contributed by atoms with van der Waals surface area (Å²) in [6.45, 7) is 8.01. The molecule has 0 fully saturated rings. The van der Waals surface area contributed by atoms with E-state index in [1.807, 2.05) is 20.8 Å². The average Bonchev–Trinajstić information content (AvgIpc) is 2.18. The predicted octanol–water partition coefficient (Wildman–Crippen LogP) is 2.87. The maximum absolute atomic E-state index is 10.3. The van der Waals surface area contributed by atoms with Crippen LogP contribution in [0.15, 0.2) is 0 Å². The molecule has 86 valence electrons. The second-order valence-corrected chi connectivity index (χ2v) is 4.44. The van der Waals surface area contributed by atoms with E-state index in [4.69, 9.17) is 0 Å². The summed E-state index contributed by atoms with van der Waals surface area (Å²) in [5, 5.41) is 20.4. The number of rotatable bonds is 7. The fourth-order valence-corrected chi connectivity index (χ4v) is 1.97. The van der Waals surface area contributed by atoms with Crippen molar-refractivity contribution in [2.24, 2.45) is 0 Å². The molecule has 0 aliphatic carbocycles. The van der Waals surface area contributed by atoms with Crippen LogP contribution in [0.3, 0.4) is 0 Å². The summed E-state index contributed by atoms with van der Waals surface area (Å²) in [5.41, 5.74) is -1.35. The molecule has 0 saturated carbocycles. The molecule has 0 bridgehead atoms. The topological polar surface area (TPSA) is 40.5 Å². The molecule has 0 heterocycles. The van der Waals surface area contributed by atoms with Gasteiger partial charge in [-0.25, -0.2) is 0 Å². The highest BCUT2D eigenvalue weighted by molar-refractivity contribution is 4.87. The van der Waals surface area contributed by atoms with Gasteiger partial charge in [-0.15, -0.1) is 0 Å². The summed E-state index contributed by atoms with van der Waals surface area (Å²) in [7, 11) is 0. The Morgan fingerprint density at radius 1 is 0.786 bits per heavy atom. The van der Waals surface area contributed by atoms with Gasteiger partial charge in [0.15, 0.2) is 0 Å². The highest BCUT2D eigenvalue weighted by atomic mass is 16.3. The Morgan fingerprint density at radius 2 is 1.21 bits per heavy atom. The summed E-state index contributed by atoms with van der Waals surface area (Å²) < 4.78 is 0. The molecule has 2 nitrogen and oxygen atoms in total. The number of aliphatic hydroxyl groups is 2. The van der Waals surface area contributed by atoms with Crippen LogP contribution in [-0.2, 0) is 0 Å². The summed E-state index contributed by atoms with van der Waals surface area (Å²) >= 11 is 0. The summed E-state index contributed by atoms with van der Waals surface area (Å²) in [6.07, 6.45) is 4.42. The van der Waals surface area contributed by atoms with E-state index in [0.717, 1.165) is 32.1 Å². The van der Waals surface area contributed by atoms with Gasteiger partial charge < -0.3 is 10.2 Å². The van der Waals surface area contributed by atoms with Crippen LogP contribution in [0.2, 0.25) is 0 Å². The van der Waals surface area contributed by atoms with Crippen molar-refractivity contribution in [2.75, 3.05) is 0 Å². The first-order chi connectivity index (χ1) is 6.45. The van der Waals surface area contributed by atoms with E-state index in [0.29, 0.717) is 6.42 Å². The van der Waals surface area contributed by atoms with Crippen LogP contribution in [0.5, 0.6) is 0 Å². The second-order valence-electron chi connectivity index (χ2n) is 4.44. The normalized spacial score (nSPS) is 16.7. The van der Waals surface area contributed by atoms with Crippen molar-refractivity contribution in [1.82, 2.24) is 0 Å². The van der Waals surface area contributed by atoms with Crippen molar-refractivity contribution in [2.45, 2.75) is 77.4 Å². The van der Waals surface area contributed by atoms with Crippen molar-refractivity contribution in [3.63, 3.8) is 0 Å². The smallest absolute Gasteiger partial charge is 0.0672 e. The monoisotopic (exact) mass is 202 g/mol. The van der Waals surface area contributed by atoms with Gasteiger partial charge in [0.05, 0.1) is 11.2 Å². The zero-order chi connectivity index (χ0) is 11.2. The van der Waals surface area contributed by atoms with Crippen molar-refractivity contribution in [1.29, 1.82) is 0 Å². The summed E-state index contributed by atoms with van der Waals surface area (Å²) in [6, 6.07) is 0. The van der Waals surface area contributed by atoms with Gasteiger partial charge in [-0.1, -0.05) is 34.1 Å². The Bertz CT molecular complexity index is 152. The van der Waals surface area contributed by atoms with Crippen LogP contribution in [-0.4, -0.2) is 21.4 Å². The molecule has 0 saturated heterocycles. The largest absolute Gasteiger partial charge is 0.390 e. The van der Waals surface area contributed by atoms with Gasteiger partial charge in [0, 0.05) is 6.42 Å². The van der Waals surface area contributed by atoms with Gasteiger partial charge in [0.25, 0.3) is 0 Å². The van der Waals surface area contributed by atoms with Gasteiger partial charge >= 0.3 is 0 Å². The molecule has 0 rings (SSSR count). The minimum absolute atomic E-state index is 0.511. The SMILES string of the molecule is CCCC(O)(CC)CC(O)(CC)CC. The van der Waals surface area contributed by atoms with E-state index in [2.05, 4.69) is 6.92 Å². The van der Waals surface area contributed by atoms with Crippen LogP contribution >= 0.6 is 0 Å². The molecule has 2 N–H and O–H groups in total. The van der Waals surface area contributed by atoms with Crippen LogP contribution in [0.1, 0.15) is 66.2 Å². The van der Waals surface area contributed by atoms with Crippen molar-refractivity contribution in [3.05, 3.63) is 0 Å². The molecule has 0 aliphatic heterocycles. The van der Waals surface area contributed by atoms with Crippen molar-refractivity contribution in [3.8, 4) is 0 Å². The maximum Gasteiger partial charge on any atom is 0.0672 e. The standard InChI is InChI=1S/C12H26O2/c1-5-9-12(14,8-4)10-11(13,6-2)7-3/h13-14H,5-10H2,1-4H3. The lowest BCUT2D eigenvalue weighted by molar-refractivity contribution is -0.0743. The lowest BCUT2D eigenvalue weighted by Gasteiger charge is -2.36. The third kappa shape index (κ3) is 3.97. The molecular weight excluding hydrogens is 176 g/mol. The maximum atomic E-state index is 10.3. The zero-order valence-electron chi connectivity index (χ0n) is 10.1. The Hall–Kier alpha value is -0.0800. The van der Waals surface area contributed by atoms with Gasteiger partial charge in [-0.05, 0) is 25.7 Å². The first kappa shape index (κ1) is 13.9. The van der Waals surface area contributed by atoms with Gasteiger partial charge in [0.1, 0.15) is 0 Å². The second kappa shape index (κ2) is 5.72. The fourth-order valence-electron chi connectivity index (χ4n) is 1.97. The molecule has 0 aromatic heterocycles. The van der Waals surface area contributed by atoms with Crippen molar-refractivity contribution >= 4 is 0 Å². The first-order valence-electron chi connectivity index (χ1n) is 5.90. The summed E-state index contributed by atoms with van der Waals surface area (Å²) in [4.78, 5) is 0. The minimum Gasteiger partial charge on any atom is -0.390 e. The molecule has 0 aromatic rings. The Balaban J connectivity index is 4.41. The third-order valence-corrected chi connectivity index (χ3v) is 3.35. The van der Waals surface area contributed by atoms with Crippen LogP contribution < -0.4 is 0 Å². The Labute approximate surface area is 88.3 Å². The third-order valence-electron chi connectivity index (χ3n) is 3.35. The highest BCUT2D eigenvalue weighted by Gasteiger charge is 2.34. The molecule has 2 heteroatoms. The highest BCUT2D eigenvalue weighted by Crippen LogP contribution is 2.31. The van der Waals surface area contributed by atoms with Crippen molar-refractivity contribution < 1.29 is 10.2 Å². The van der Waals surface area contributed by atoms with E-state index in [1.165, 1.54) is 0 Å². The quantitative estimate of drug-likeness (QED) is 0.666. The van der Waals surface area contributed by atoms with Crippen LogP contribution in [0, 0.1) is 0 Å². The van der Waals surface area contributed by atoms with Gasteiger partial charge in [0.2, 0.25) is 0 Å². The molecule has 0 aliphatic rings. The average molecular weight is 202 g/mol. The Morgan fingerprint density at radius 3 is 1.50 bits per heavy atom. The zero-order valence-corrected chi connectivity index (χ0v) is 10.1.